The van der Waals surface area contributed by atoms with Crippen molar-refractivity contribution in [3.05, 3.63) is 108 Å². The van der Waals surface area contributed by atoms with E-state index in [0.29, 0.717) is 27.7 Å². The zero-order valence-electron chi connectivity index (χ0n) is 22.3. The number of ether oxygens (including phenoxy) is 1. The summed E-state index contributed by atoms with van der Waals surface area (Å²) in [4.78, 5) is 47.6. The highest BCUT2D eigenvalue weighted by Gasteiger charge is 2.44. The van der Waals surface area contributed by atoms with Crippen LogP contribution in [0.3, 0.4) is 0 Å². The van der Waals surface area contributed by atoms with Gasteiger partial charge in [0, 0.05) is 12.1 Å². The Balaban J connectivity index is 1.40. The summed E-state index contributed by atoms with van der Waals surface area (Å²) in [6, 6.07) is 30.2. The van der Waals surface area contributed by atoms with Gasteiger partial charge in [0.2, 0.25) is 11.8 Å². The first-order valence-electron chi connectivity index (χ1n) is 12.9. The van der Waals surface area contributed by atoms with Crippen molar-refractivity contribution < 1.29 is 19.1 Å². The summed E-state index contributed by atoms with van der Waals surface area (Å²) in [6.07, 6.45) is -0.126. The van der Waals surface area contributed by atoms with E-state index < -0.39 is 11.9 Å². The van der Waals surface area contributed by atoms with E-state index >= 15 is 0 Å². The number of hydrogen-bond donors (Lipinski definition) is 0. The van der Waals surface area contributed by atoms with Crippen molar-refractivity contribution in [2.45, 2.75) is 24.0 Å². The van der Waals surface area contributed by atoms with Crippen molar-refractivity contribution in [1.82, 2.24) is 9.88 Å². The van der Waals surface area contributed by atoms with Crippen LogP contribution in [-0.4, -0.2) is 46.5 Å². The van der Waals surface area contributed by atoms with Crippen LogP contribution in [-0.2, 0) is 20.9 Å². The van der Waals surface area contributed by atoms with Crippen LogP contribution in [0, 0.1) is 11.3 Å². The molecule has 3 amide bonds. The van der Waals surface area contributed by atoms with Gasteiger partial charge >= 0.3 is 0 Å². The van der Waals surface area contributed by atoms with Crippen LogP contribution in [0.1, 0.15) is 17.5 Å². The molecule has 8 nitrogen and oxygen atoms in total. The molecule has 0 aliphatic carbocycles. The number of aromatic nitrogens is 1. The van der Waals surface area contributed by atoms with E-state index in [1.54, 1.807) is 36.4 Å². The Kier molecular flexibility index (Phi) is 8.42. The lowest BCUT2D eigenvalue weighted by Crippen LogP contribution is -2.45. The summed E-state index contributed by atoms with van der Waals surface area (Å²) >= 11 is 1.14. The number of amides is 3. The van der Waals surface area contributed by atoms with Crippen molar-refractivity contribution >= 4 is 35.2 Å². The van der Waals surface area contributed by atoms with Gasteiger partial charge in [-0.05, 0) is 42.0 Å². The van der Waals surface area contributed by atoms with Crippen molar-refractivity contribution in [3.63, 3.8) is 0 Å². The van der Waals surface area contributed by atoms with E-state index in [0.717, 1.165) is 27.8 Å². The maximum atomic E-state index is 13.7. The average molecular weight is 563 g/mol. The molecule has 1 aromatic heterocycles. The van der Waals surface area contributed by atoms with E-state index in [1.165, 1.54) is 12.0 Å². The van der Waals surface area contributed by atoms with Gasteiger partial charge in [-0.15, -0.1) is 0 Å². The molecule has 0 bridgehead atoms. The quantitative estimate of drug-likeness (QED) is 0.207. The summed E-state index contributed by atoms with van der Waals surface area (Å²) in [7, 11) is 1.54. The molecule has 204 valence electrons. The fourth-order valence-electron chi connectivity index (χ4n) is 4.63. The van der Waals surface area contributed by atoms with E-state index in [2.05, 4.69) is 11.1 Å². The number of carbonyl (C=O) groups is 3. The van der Waals surface area contributed by atoms with Crippen LogP contribution in [0.4, 0.5) is 5.69 Å². The van der Waals surface area contributed by atoms with Crippen LogP contribution in [0.25, 0.3) is 11.3 Å². The second-order valence-corrected chi connectivity index (χ2v) is 10.3. The molecular formula is C32H26N4O4S. The smallest absolute Gasteiger partial charge is 0.257 e. The second-order valence-electron chi connectivity index (χ2n) is 9.31. The third-order valence-electron chi connectivity index (χ3n) is 6.73. The number of rotatable bonds is 9. The molecule has 5 rings (SSSR count). The molecule has 4 aromatic rings. The first-order valence-corrected chi connectivity index (χ1v) is 13.9. The zero-order valence-corrected chi connectivity index (χ0v) is 23.1. The maximum Gasteiger partial charge on any atom is 0.257 e. The summed E-state index contributed by atoms with van der Waals surface area (Å²) < 4.78 is 5.19. The molecule has 1 fully saturated rings. The van der Waals surface area contributed by atoms with Crippen molar-refractivity contribution in [3.8, 4) is 23.1 Å². The van der Waals surface area contributed by atoms with E-state index in [-0.39, 0.29) is 30.5 Å². The Morgan fingerprint density at radius 1 is 1.00 bits per heavy atom. The Hall–Kier alpha value is -4.94. The molecule has 3 aromatic carbocycles. The van der Waals surface area contributed by atoms with Gasteiger partial charge in [-0.25, -0.2) is 9.88 Å². The van der Waals surface area contributed by atoms with Gasteiger partial charge in [-0.3, -0.25) is 14.4 Å². The van der Waals surface area contributed by atoms with Crippen LogP contribution < -0.4 is 9.64 Å². The minimum absolute atomic E-state index is 0.0622. The molecular weight excluding hydrogens is 536 g/mol. The zero-order chi connectivity index (χ0) is 28.8. The average Bonchev–Trinajstić information content (AvgIpc) is 3.32. The Morgan fingerprint density at radius 3 is 2.34 bits per heavy atom. The SMILES string of the molecule is COc1ccc(N2C(=O)CC(N(Cc3ccccc3)C(=O)CSc3nc(-c4ccccc4)ccc3C#N)C2=O)cc1. The normalized spacial score (nSPS) is 14.5. The third-order valence-corrected chi connectivity index (χ3v) is 7.70. The van der Waals surface area contributed by atoms with Gasteiger partial charge in [-0.2, -0.15) is 5.26 Å². The lowest BCUT2D eigenvalue weighted by atomic mass is 10.1. The van der Waals surface area contributed by atoms with E-state index in [1.807, 2.05) is 60.7 Å². The van der Waals surface area contributed by atoms with Gasteiger partial charge in [-0.1, -0.05) is 72.4 Å². The number of benzene rings is 3. The molecule has 1 unspecified atom stereocenters. The van der Waals surface area contributed by atoms with Gasteiger partial charge < -0.3 is 9.64 Å². The predicted molar refractivity (Wildman–Crippen MR) is 156 cm³/mol. The monoisotopic (exact) mass is 562 g/mol. The van der Waals surface area contributed by atoms with Gasteiger partial charge in [0.25, 0.3) is 5.91 Å². The Labute approximate surface area is 242 Å². The van der Waals surface area contributed by atoms with Crippen molar-refractivity contribution in [2.75, 3.05) is 17.8 Å². The minimum Gasteiger partial charge on any atom is -0.497 e. The number of thioether (sulfide) groups is 1. The molecule has 1 aliphatic rings. The van der Waals surface area contributed by atoms with Crippen LogP contribution in [0.5, 0.6) is 5.75 Å². The number of pyridine rings is 1. The standard InChI is InChI=1S/C32H26N4O4S/c1-40-26-15-13-25(14-16-26)36-29(37)18-28(32(36)39)35(20-22-8-4-2-5-9-22)30(38)21-41-31-24(19-33)12-17-27(34-31)23-10-6-3-7-11-23/h2-17,28H,18,20-21H2,1H3. The third kappa shape index (κ3) is 6.13. The van der Waals surface area contributed by atoms with Crippen LogP contribution in [0.2, 0.25) is 0 Å². The van der Waals surface area contributed by atoms with Crippen LogP contribution >= 0.6 is 11.8 Å². The van der Waals surface area contributed by atoms with Gasteiger partial charge in [0.1, 0.15) is 22.9 Å². The Morgan fingerprint density at radius 2 is 1.68 bits per heavy atom. The molecule has 1 atom stereocenters. The fourth-order valence-corrected chi connectivity index (χ4v) is 5.49. The predicted octanol–water partition coefficient (Wildman–Crippen LogP) is 5.08. The van der Waals surface area contributed by atoms with Crippen LogP contribution in [0.15, 0.2) is 102 Å². The number of nitrogens with zero attached hydrogens (tertiary/aromatic N) is 4. The largest absolute Gasteiger partial charge is 0.497 e. The van der Waals surface area contributed by atoms with Gasteiger partial charge in [0.05, 0.1) is 36.2 Å². The number of methoxy groups -OCH3 is 1. The lowest BCUT2D eigenvalue weighted by molar-refractivity contribution is -0.136. The molecule has 9 heteroatoms. The highest BCUT2D eigenvalue weighted by Crippen LogP contribution is 2.30. The molecule has 0 saturated carbocycles. The molecule has 1 saturated heterocycles. The molecule has 0 N–H and O–H groups in total. The summed E-state index contributed by atoms with van der Waals surface area (Å²) in [6.45, 7) is 0.156. The minimum atomic E-state index is -0.961. The second kappa shape index (κ2) is 12.5. The van der Waals surface area contributed by atoms with E-state index in [9.17, 15) is 19.6 Å². The van der Waals surface area contributed by atoms with E-state index in [4.69, 9.17) is 4.74 Å². The highest BCUT2D eigenvalue weighted by atomic mass is 32.2. The fraction of sp³-hybridized carbons (Fsp3) is 0.156. The van der Waals surface area contributed by atoms with Crippen molar-refractivity contribution in [1.29, 1.82) is 5.26 Å². The molecule has 0 radical (unpaired) electrons. The summed E-state index contributed by atoms with van der Waals surface area (Å²) in [5.74, 6) is -0.641. The molecule has 2 heterocycles. The Bertz CT molecular complexity index is 1600. The summed E-state index contributed by atoms with van der Waals surface area (Å²) in [5.41, 5.74) is 3.19. The number of hydrogen-bond acceptors (Lipinski definition) is 7. The first kappa shape index (κ1) is 27.6. The van der Waals surface area contributed by atoms with Gasteiger partial charge in [0.15, 0.2) is 0 Å². The number of nitriles is 1. The molecule has 0 spiro atoms. The molecule has 41 heavy (non-hydrogen) atoms. The lowest BCUT2D eigenvalue weighted by Gasteiger charge is -2.28. The molecule has 1 aliphatic heterocycles. The van der Waals surface area contributed by atoms with Crippen molar-refractivity contribution in [2.24, 2.45) is 0 Å². The highest BCUT2D eigenvalue weighted by molar-refractivity contribution is 8.00. The number of imide groups is 1. The topological polar surface area (TPSA) is 104 Å². The number of carbonyl (C=O) groups excluding carboxylic acids is 3. The first-order chi connectivity index (χ1) is 20.0. The summed E-state index contributed by atoms with van der Waals surface area (Å²) in [5, 5.41) is 10.1. The maximum absolute atomic E-state index is 13.7. The number of anilines is 1.